The Labute approximate surface area is 146 Å². The maximum Gasteiger partial charge on any atom is 0.254 e. The van der Waals surface area contributed by atoms with Crippen LogP contribution in [-0.2, 0) is 23.5 Å². The van der Waals surface area contributed by atoms with E-state index in [1.54, 1.807) is 0 Å². The molecule has 1 aromatic carbocycles. The molecule has 2 fully saturated rings. The number of halogens is 2. The van der Waals surface area contributed by atoms with Crippen molar-refractivity contribution in [1.82, 2.24) is 9.29 Å². The van der Waals surface area contributed by atoms with Crippen molar-refractivity contribution in [2.45, 2.75) is 37.4 Å². The summed E-state index contributed by atoms with van der Waals surface area (Å²) >= 11 is 0. The summed E-state index contributed by atoms with van der Waals surface area (Å²) < 4.78 is 55.9. The van der Waals surface area contributed by atoms with Crippen LogP contribution in [-0.4, -0.2) is 30.7 Å². The van der Waals surface area contributed by atoms with Gasteiger partial charge in [-0.15, -0.1) is 0 Å². The van der Waals surface area contributed by atoms with Crippen LogP contribution in [0.5, 0.6) is 0 Å². The average molecular weight is 368 g/mol. The fraction of sp³-hybridized carbons (Fsp3) is 0.556. The number of aryl methyl sites for hydroxylation is 2. The highest BCUT2D eigenvalue weighted by Gasteiger charge is 2.72. The number of nitrogens with zero attached hydrogens (tertiary/aromatic N) is 1. The predicted molar refractivity (Wildman–Crippen MR) is 93.2 cm³/mol. The minimum Gasteiger partial charge on any atom is -0.350 e. The molecule has 1 heterocycles. The second-order valence-corrected chi connectivity index (χ2v) is 9.45. The number of aromatic nitrogens is 1. The van der Waals surface area contributed by atoms with E-state index in [0.29, 0.717) is 6.42 Å². The van der Waals surface area contributed by atoms with Crippen molar-refractivity contribution in [1.29, 1.82) is 0 Å². The van der Waals surface area contributed by atoms with Gasteiger partial charge in [0.05, 0.1) is 5.25 Å². The van der Waals surface area contributed by atoms with Crippen LogP contribution in [0.25, 0.3) is 10.9 Å². The van der Waals surface area contributed by atoms with Gasteiger partial charge in [-0.25, -0.2) is 21.9 Å². The molecule has 136 valence electrons. The Morgan fingerprint density at radius 3 is 2.64 bits per heavy atom. The smallest absolute Gasteiger partial charge is 0.254 e. The maximum absolute atomic E-state index is 13.2. The lowest BCUT2D eigenvalue weighted by Gasteiger charge is -2.16. The first-order valence-corrected chi connectivity index (χ1v) is 10.2. The Morgan fingerprint density at radius 2 is 1.96 bits per heavy atom. The first-order valence-electron chi connectivity index (χ1n) is 8.61. The molecular formula is C18H22F2N2O2S. The number of hydrogen-bond acceptors (Lipinski definition) is 2. The summed E-state index contributed by atoms with van der Waals surface area (Å²) in [7, 11) is -1.56. The first kappa shape index (κ1) is 17.0. The highest BCUT2D eigenvalue weighted by atomic mass is 32.2. The molecule has 4 rings (SSSR count). The summed E-state index contributed by atoms with van der Waals surface area (Å²) in [5, 5.41) is 0.488. The van der Waals surface area contributed by atoms with Crippen molar-refractivity contribution in [2.24, 2.45) is 18.9 Å². The molecule has 4 nitrogen and oxygen atoms in total. The number of fused-ring (bicyclic) bond motifs is 2. The van der Waals surface area contributed by atoms with Crippen LogP contribution in [0.4, 0.5) is 8.78 Å². The normalized spacial score (nSPS) is 27.6. The Hall–Kier alpha value is -1.47. The molecule has 2 aromatic rings. The maximum atomic E-state index is 13.2. The van der Waals surface area contributed by atoms with Crippen LogP contribution in [0.1, 0.15) is 24.0 Å². The van der Waals surface area contributed by atoms with Gasteiger partial charge in [-0.05, 0) is 43.4 Å². The fourth-order valence-electron chi connectivity index (χ4n) is 4.39. The second-order valence-electron chi connectivity index (χ2n) is 7.40. The summed E-state index contributed by atoms with van der Waals surface area (Å²) in [5.74, 6) is -4.09. The van der Waals surface area contributed by atoms with E-state index in [9.17, 15) is 17.2 Å². The summed E-state index contributed by atoms with van der Waals surface area (Å²) in [6, 6.07) is 6.09. The number of alkyl halides is 2. The third-order valence-electron chi connectivity index (χ3n) is 5.84. The van der Waals surface area contributed by atoms with Gasteiger partial charge in [0, 0.05) is 42.5 Å². The van der Waals surface area contributed by atoms with Crippen LogP contribution in [0, 0.1) is 18.8 Å². The average Bonchev–Trinajstić information content (AvgIpc) is 2.92. The quantitative estimate of drug-likeness (QED) is 0.882. The van der Waals surface area contributed by atoms with Gasteiger partial charge in [0.2, 0.25) is 10.0 Å². The lowest BCUT2D eigenvalue weighted by atomic mass is 10.1. The molecule has 2 unspecified atom stereocenters. The van der Waals surface area contributed by atoms with Gasteiger partial charge >= 0.3 is 0 Å². The monoisotopic (exact) mass is 368 g/mol. The molecule has 7 heteroatoms. The molecule has 1 N–H and O–H groups in total. The lowest BCUT2D eigenvalue weighted by Crippen LogP contribution is -2.35. The van der Waals surface area contributed by atoms with E-state index >= 15 is 0 Å². The highest BCUT2D eigenvalue weighted by molar-refractivity contribution is 7.90. The van der Waals surface area contributed by atoms with Gasteiger partial charge in [-0.2, -0.15) is 0 Å². The van der Waals surface area contributed by atoms with E-state index < -0.39 is 33.0 Å². The minimum absolute atomic E-state index is 0.0837. The number of hydrogen-bond donors (Lipinski definition) is 1. The van der Waals surface area contributed by atoms with Crippen LogP contribution >= 0.6 is 0 Å². The van der Waals surface area contributed by atoms with Gasteiger partial charge < -0.3 is 4.57 Å². The zero-order chi connectivity index (χ0) is 18.0. The van der Waals surface area contributed by atoms with Crippen molar-refractivity contribution < 1.29 is 17.2 Å². The highest BCUT2D eigenvalue weighted by Crippen LogP contribution is 2.64. The van der Waals surface area contributed by atoms with E-state index in [1.807, 2.05) is 42.9 Å². The molecule has 0 aliphatic heterocycles. The van der Waals surface area contributed by atoms with Crippen LogP contribution in [0.3, 0.4) is 0 Å². The number of nitrogens with one attached hydrogen (secondary N) is 1. The zero-order valence-electron chi connectivity index (χ0n) is 14.3. The van der Waals surface area contributed by atoms with Crippen LogP contribution in [0.15, 0.2) is 24.4 Å². The molecule has 0 amide bonds. The minimum atomic E-state index is -3.53. The molecule has 2 atom stereocenters. The second kappa shape index (κ2) is 5.51. The van der Waals surface area contributed by atoms with Crippen molar-refractivity contribution in [3.05, 3.63) is 35.5 Å². The largest absolute Gasteiger partial charge is 0.350 e. The molecule has 0 radical (unpaired) electrons. The number of rotatable bonds is 5. The molecule has 2 aliphatic rings. The van der Waals surface area contributed by atoms with Crippen LogP contribution in [0.2, 0.25) is 0 Å². The van der Waals surface area contributed by atoms with Gasteiger partial charge in [0.15, 0.2) is 0 Å². The Bertz CT molecular complexity index is 922. The van der Waals surface area contributed by atoms with Crippen molar-refractivity contribution in [3.8, 4) is 0 Å². The van der Waals surface area contributed by atoms with E-state index in [1.165, 1.54) is 0 Å². The molecule has 0 bridgehead atoms. The molecule has 1 aromatic heterocycles. The predicted octanol–water partition coefficient (Wildman–Crippen LogP) is 2.99. The van der Waals surface area contributed by atoms with Crippen molar-refractivity contribution >= 4 is 20.9 Å². The lowest BCUT2D eigenvalue weighted by molar-refractivity contribution is 0.0732. The van der Waals surface area contributed by atoms with E-state index in [4.69, 9.17) is 0 Å². The molecule has 2 saturated carbocycles. The molecule has 0 saturated heterocycles. The van der Waals surface area contributed by atoms with Gasteiger partial charge in [-0.3, -0.25) is 0 Å². The SMILES string of the molecule is Cc1cccc2c1c(CCNS(=O)(=O)C1CC3C(C1)C3(F)F)cn2C. The molecule has 25 heavy (non-hydrogen) atoms. The van der Waals surface area contributed by atoms with Gasteiger partial charge in [0.25, 0.3) is 5.92 Å². The van der Waals surface area contributed by atoms with Crippen molar-refractivity contribution in [2.75, 3.05) is 6.54 Å². The molecule has 0 spiro atoms. The first-order chi connectivity index (χ1) is 11.7. The number of benzene rings is 1. The summed E-state index contributed by atoms with van der Waals surface area (Å²) in [5.41, 5.74) is 3.38. The molecular weight excluding hydrogens is 346 g/mol. The van der Waals surface area contributed by atoms with Gasteiger partial charge in [-0.1, -0.05) is 12.1 Å². The summed E-state index contributed by atoms with van der Waals surface area (Å²) in [6.07, 6.45) is 2.77. The Morgan fingerprint density at radius 1 is 1.28 bits per heavy atom. The third kappa shape index (κ3) is 2.68. The summed E-state index contributed by atoms with van der Waals surface area (Å²) in [6.45, 7) is 2.33. The van der Waals surface area contributed by atoms with Crippen molar-refractivity contribution in [3.63, 3.8) is 0 Å². The third-order valence-corrected chi connectivity index (χ3v) is 7.71. The van der Waals surface area contributed by atoms with Gasteiger partial charge in [0.1, 0.15) is 0 Å². The Kier molecular flexibility index (Phi) is 3.74. The van der Waals surface area contributed by atoms with E-state index in [0.717, 1.165) is 22.0 Å². The Balaban J connectivity index is 1.42. The fourth-order valence-corrected chi connectivity index (χ4v) is 5.93. The van der Waals surface area contributed by atoms with Crippen LogP contribution < -0.4 is 4.72 Å². The number of sulfonamides is 1. The van der Waals surface area contributed by atoms with E-state index in [2.05, 4.69) is 4.72 Å². The summed E-state index contributed by atoms with van der Waals surface area (Å²) in [4.78, 5) is 0. The zero-order valence-corrected chi connectivity index (χ0v) is 15.1. The standard InChI is InChI=1S/C18H22F2N2O2S/c1-11-4-3-5-16-17(11)12(10-22(16)2)6-7-21-25(23,24)13-8-14-15(9-13)18(14,19)20/h3-5,10,13-15,21H,6-9H2,1-2H3. The molecule has 2 aliphatic carbocycles. The topological polar surface area (TPSA) is 51.1 Å². The van der Waals surface area contributed by atoms with E-state index in [-0.39, 0.29) is 19.4 Å².